The molecule has 0 radical (unpaired) electrons. The number of hydrogen-bond acceptors (Lipinski definition) is 5. The molecule has 0 bridgehead atoms. The Hall–Kier alpha value is -1.26. The lowest BCUT2D eigenvalue weighted by Crippen LogP contribution is -2.50. The van der Waals surface area contributed by atoms with E-state index in [4.69, 9.17) is 5.73 Å². The molecule has 0 aliphatic carbocycles. The normalized spacial score (nSPS) is 27.4. The molecule has 1 aliphatic heterocycles. The summed E-state index contributed by atoms with van der Waals surface area (Å²) < 4.78 is 0. The quantitative estimate of drug-likeness (QED) is 0.599. The predicted molar refractivity (Wildman–Crippen MR) is 54.6 cm³/mol. The van der Waals surface area contributed by atoms with Crippen LogP contribution in [0.25, 0.3) is 0 Å². The van der Waals surface area contributed by atoms with Gasteiger partial charge in [-0.15, -0.1) is 0 Å². The van der Waals surface area contributed by atoms with Gasteiger partial charge in [-0.25, -0.2) is 9.98 Å². The Kier molecular flexibility index (Phi) is 2.45. The molecule has 0 aromatic rings. The third-order valence-electron chi connectivity index (χ3n) is 2.04. The zero-order chi connectivity index (χ0) is 10.1. The lowest BCUT2D eigenvalue weighted by atomic mass is 10.1. The van der Waals surface area contributed by atoms with Gasteiger partial charge >= 0.3 is 0 Å². The Labute approximate surface area is 78.7 Å². The van der Waals surface area contributed by atoms with Gasteiger partial charge in [0.2, 0.25) is 5.96 Å². The molecule has 1 unspecified atom stereocenters. The maximum Gasteiger partial charge on any atom is 0.202 e. The second-order valence-corrected chi connectivity index (χ2v) is 3.52. The van der Waals surface area contributed by atoms with Crippen molar-refractivity contribution in [3.63, 3.8) is 0 Å². The molecular weight excluding hydrogens is 166 g/mol. The summed E-state index contributed by atoms with van der Waals surface area (Å²) in [6.07, 6.45) is 0.840. The highest BCUT2D eigenvalue weighted by Gasteiger charge is 2.25. The maximum absolute atomic E-state index is 5.65. The molecule has 74 valence electrons. The van der Waals surface area contributed by atoms with E-state index in [0.717, 1.165) is 12.4 Å². The van der Waals surface area contributed by atoms with E-state index in [0.29, 0.717) is 5.96 Å². The minimum Gasteiger partial charge on any atom is -0.370 e. The van der Waals surface area contributed by atoms with Gasteiger partial charge in [-0.1, -0.05) is 6.92 Å². The van der Waals surface area contributed by atoms with Gasteiger partial charge in [-0.2, -0.15) is 0 Å². The van der Waals surface area contributed by atoms with Crippen molar-refractivity contribution in [2.75, 3.05) is 14.1 Å². The summed E-state index contributed by atoms with van der Waals surface area (Å²) in [6, 6.07) is 0. The van der Waals surface area contributed by atoms with Crippen LogP contribution in [0.2, 0.25) is 0 Å². The van der Waals surface area contributed by atoms with Crippen LogP contribution in [-0.4, -0.2) is 36.6 Å². The third-order valence-corrected chi connectivity index (χ3v) is 2.04. The lowest BCUT2D eigenvalue weighted by Gasteiger charge is -2.29. The Morgan fingerprint density at radius 3 is 2.54 bits per heavy atom. The molecule has 0 spiro atoms. The van der Waals surface area contributed by atoms with E-state index >= 15 is 0 Å². The van der Waals surface area contributed by atoms with Crippen LogP contribution in [0.5, 0.6) is 0 Å². The molecule has 0 saturated carbocycles. The predicted octanol–water partition coefficient (Wildman–Crippen LogP) is -0.0519. The summed E-state index contributed by atoms with van der Waals surface area (Å²) in [5, 5.41) is 2.91. The monoisotopic (exact) mass is 183 g/mol. The van der Waals surface area contributed by atoms with Gasteiger partial charge in [0.1, 0.15) is 0 Å². The molecule has 0 fully saturated rings. The Morgan fingerprint density at radius 2 is 2.08 bits per heavy atom. The van der Waals surface area contributed by atoms with Crippen molar-refractivity contribution in [1.82, 2.24) is 10.2 Å². The maximum atomic E-state index is 5.65. The fourth-order valence-electron chi connectivity index (χ4n) is 1.05. The second-order valence-electron chi connectivity index (χ2n) is 3.52. The van der Waals surface area contributed by atoms with Crippen molar-refractivity contribution in [3.05, 3.63) is 0 Å². The van der Waals surface area contributed by atoms with Crippen molar-refractivity contribution in [1.29, 1.82) is 0 Å². The average Bonchev–Trinajstić information content (AvgIpc) is 2.03. The minimum absolute atomic E-state index is 0.408. The number of rotatable bonds is 1. The summed E-state index contributed by atoms with van der Waals surface area (Å²) in [4.78, 5) is 10.6. The van der Waals surface area contributed by atoms with Crippen molar-refractivity contribution in [3.8, 4) is 0 Å². The zero-order valence-electron chi connectivity index (χ0n) is 8.63. The first kappa shape index (κ1) is 9.83. The van der Waals surface area contributed by atoms with E-state index in [2.05, 4.69) is 15.3 Å². The van der Waals surface area contributed by atoms with Crippen LogP contribution in [-0.2, 0) is 0 Å². The van der Waals surface area contributed by atoms with Crippen LogP contribution in [0.3, 0.4) is 0 Å². The van der Waals surface area contributed by atoms with Gasteiger partial charge in [0.25, 0.3) is 0 Å². The molecule has 1 aliphatic rings. The van der Waals surface area contributed by atoms with Crippen LogP contribution in [0.15, 0.2) is 9.98 Å². The van der Waals surface area contributed by atoms with Crippen molar-refractivity contribution < 1.29 is 0 Å². The van der Waals surface area contributed by atoms with E-state index in [9.17, 15) is 0 Å². The summed E-state index contributed by atoms with van der Waals surface area (Å²) in [5.74, 6) is 1.19. The number of nitrogens with one attached hydrogen (secondary N) is 1. The zero-order valence-corrected chi connectivity index (χ0v) is 8.63. The highest BCUT2D eigenvalue weighted by molar-refractivity contribution is 5.99. The van der Waals surface area contributed by atoms with Crippen LogP contribution in [0.4, 0.5) is 0 Å². The average molecular weight is 183 g/mol. The van der Waals surface area contributed by atoms with Gasteiger partial charge in [0, 0.05) is 14.1 Å². The molecule has 0 saturated heterocycles. The number of hydrogen-bond donors (Lipinski definition) is 2. The van der Waals surface area contributed by atoms with Gasteiger partial charge < -0.3 is 10.6 Å². The van der Waals surface area contributed by atoms with Gasteiger partial charge in [-0.05, 0) is 13.3 Å². The van der Waals surface area contributed by atoms with Crippen LogP contribution in [0.1, 0.15) is 20.3 Å². The molecule has 5 nitrogen and oxygen atoms in total. The van der Waals surface area contributed by atoms with Crippen molar-refractivity contribution in [2.24, 2.45) is 15.7 Å². The fourth-order valence-corrected chi connectivity index (χ4v) is 1.05. The molecule has 0 aromatic carbocycles. The summed E-state index contributed by atoms with van der Waals surface area (Å²) in [6.45, 7) is 4.00. The Balaban J connectivity index is 2.93. The number of guanidine groups is 2. The van der Waals surface area contributed by atoms with Crippen LogP contribution in [0, 0.1) is 0 Å². The molecule has 13 heavy (non-hydrogen) atoms. The summed E-state index contributed by atoms with van der Waals surface area (Å²) in [7, 11) is 3.83. The highest BCUT2D eigenvalue weighted by Crippen LogP contribution is 2.18. The topological polar surface area (TPSA) is 66.0 Å². The summed E-state index contributed by atoms with van der Waals surface area (Å²) in [5.41, 5.74) is 5.24. The van der Waals surface area contributed by atoms with Gasteiger partial charge in [-0.3, -0.25) is 5.32 Å². The first-order chi connectivity index (χ1) is 5.97. The second kappa shape index (κ2) is 3.24. The molecule has 1 rings (SSSR count). The fraction of sp³-hybridized carbons (Fsp3) is 0.750. The molecule has 5 heteroatoms. The molecule has 3 N–H and O–H groups in total. The van der Waals surface area contributed by atoms with E-state index in [1.54, 1.807) is 0 Å². The lowest BCUT2D eigenvalue weighted by molar-refractivity contribution is 0.451. The number of nitrogens with two attached hydrogens (primary N) is 1. The van der Waals surface area contributed by atoms with Crippen LogP contribution < -0.4 is 11.1 Å². The highest BCUT2D eigenvalue weighted by atomic mass is 15.4. The van der Waals surface area contributed by atoms with Crippen molar-refractivity contribution >= 4 is 11.9 Å². The van der Waals surface area contributed by atoms with E-state index in [1.165, 1.54) is 0 Å². The Bertz CT molecular complexity index is 255. The molecule has 0 aromatic heterocycles. The SMILES string of the molecule is CCC1(C)N=C(N)NC(N(C)C)=N1. The number of aliphatic imine (C=N–C) groups is 2. The standard InChI is InChI=1S/C8H17N5/c1-5-8(2)11-6(9)10-7(12-8)13(3)4/h5H2,1-4H3,(H3,9,10,11,12). The smallest absolute Gasteiger partial charge is 0.202 e. The van der Waals surface area contributed by atoms with E-state index in [-0.39, 0.29) is 0 Å². The largest absolute Gasteiger partial charge is 0.370 e. The first-order valence-corrected chi connectivity index (χ1v) is 4.36. The molecule has 0 amide bonds. The van der Waals surface area contributed by atoms with Gasteiger partial charge in [0.05, 0.1) is 0 Å². The number of nitrogens with zero attached hydrogens (tertiary/aromatic N) is 3. The molecular formula is C8H17N5. The minimum atomic E-state index is -0.408. The van der Waals surface area contributed by atoms with E-state index < -0.39 is 5.66 Å². The summed E-state index contributed by atoms with van der Waals surface area (Å²) >= 11 is 0. The third kappa shape index (κ3) is 2.11. The Morgan fingerprint density at radius 1 is 1.46 bits per heavy atom. The first-order valence-electron chi connectivity index (χ1n) is 4.36. The van der Waals surface area contributed by atoms with Gasteiger partial charge in [0.15, 0.2) is 11.6 Å². The van der Waals surface area contributed by atoms with Crippen LogP contribution >= 0.6 is 0 Å². The molecule has 1 atom stereocenters. The van der Waals surface area contributed by atoms with Crippen molar-refractivity contribution in [2.45, 2.75) is 25.9 Å². The van der Waals surface area contributed by atoms with E-state index in [1.807, 2.05) is 32.8 Å². The molecule has 1 heterocycles.